The highest BCUT2D eigenvalue weighted by atomic mass is 79.9. The van der Waals surface area contributed by atoms with Gasteiger partial charge in [0.15, 0.2) is 11.5 Å². The summed E-state index contributed by atoms with van der Waals surface area (Å²) >= 11 is 3.41. The zero-order valence-electron chi connectivity index (χ0n) is 9.85. The number of ether oxygens (including phenoxy) is 2. The quantitative estimate of drug-likeness (QED) is 0.931. The molecule has 94 valence electrons. The number of hydrogen-bond donors (Lipinski definition) is 1. The Bertz CT molecular complexity index is 419. The summed E-state index contributed by atoms with van der Waals surface area (Å²) in [6.45, 7) is 0.922. The van der Waals surface area contributed by atoms with Gasteiger partial charge in [0.2, 0.25) is 0 Å². The first-order valence-corrected chi connectivity index (χ1v) is 6.31. The van der Waals surface area contributed by atoms with Crippen molar-refractivity contribution in [3.63, 3.8) is 0 Å². The highest BCUT2D eigenvalue weighted by Gasteiger charge is 2.26. The molecule has 3 nitrogen and oxygen atoms in total. The average Bonchev–Trinajstić information content (AvgIpc) is 2.82. The Morgan fingerprint density at radius 1 is 1.41 bits per heavy atom. The maximum atomic E-state index is 14.1. The van der Waals surface area contributed by atoms with Crippen molar-refractivity contribution in [2.24, 2.45) is 0 Å². The molecule has 1 aliphatic rings. The van der Waals surface area contributed by atoms with Crippen LogP contribution < -0.4 is 14.8 Å². The van der Waals surface area contributed by atoms with Crippen LogP contribution in [0, 0.1) is 5.82 Å². The Morgan fingerprint density at radius 3 is 2.71 bits per heavy atom. The van der Waals surface area contributed by atoms with Gasteiger partial charge in [-0.25, -0.2) is 4.39 Å². The summed E-state index contributed by atoms with van der Waals surface area (Å²) in [5, 5.41) is 3.28. The van der Waals surface area contributed by atoms with Gasteiger partial charge < -0.3 is 14.8 Å². The van der Waals surface area contributed by atoms with Gasteiger partial charge in [-0.3, -0.25) is 0 Å². The predicted octanol–water partition coefficient (Wildman–Crippen LogP) is 3.03. The van der Waals surface area contributed by atoms with E-state index in [0.29, 0.717) is 21.5 Å². The molecule has 1 atom stereocenters. The standard InChI is InChI=1S/C12H15BrFNO2/c1-16-9-6-7(14)10(8-4-3-5-15-8)11(13)12(9)17-2/h6,8,15H,3-5H2,1-2H3. The summed E-state index contributed by atoms with van der Waals surface area (Å²) in [6.07, 6.45) is 2.00. The fraction of sp³-hybridized carbons (Fsp3) is 0.500. The predicted molar refractivity (Wildman–Crippen MR) is 67.2 cm³/mol. The lowest BCUT2D eigenvalue weighted by Crippen LogP contribution is -2.15. The third kappa shape index (κ3) is 2.26. The van der Waals surface area contributed by atoms with Crippen molar-refractivity contribution in [3.05, 3.63) is 21.9 Å². The minimum Gasteiger partial charge on any atom is -0.493 e. The molecule has 0 bridgehead atoms. The van der Waals surface area contributed by atoms with Crippen molar-refractivity contribution in [1.29, 1.82) is 0 Å². The molecule has 0 amide bonds. The molecular formula is C12H15BrFNO2. The molecule has 0 aromatic heterocycles. The lowest BCUT2D eigenvalue weighted by molar-refractivity contribution is 0.348. The van der Waals surface area contributed by atoms with Crippen molar-refractivity contribution < 1.29 is 13.9 Å². The molecule has 1 heterocycles. The highest BCUT2D eigenvalue weighted by Crippen LogP contribution is 2.43. The summed E-state index contributed by atoms with van der Waals surface area (Å²) in [5.41, 5.74) is 0.625. The number of benzene rings is 1. The molecule has 1 unspecified atom stereocenters. The minimum absolute atomic E-state index is 0.0455. The van der Waals surface area contributed by atoms with E-state index >= 15 is 0 Å². The molecule has 2 rings (SSSR count). The van der Waals surface area contributed by atoms with Crippen molar-refractivity contribution >= 4 is 15.9 Å². The first-order valence-electron chi connectivity index (χ1n) is 5.52. The van der Waals surface area contributed by atoms with E-state index in [1.807, 2.05) is 0 Å². The molecule has 1 saturated heterocycles. The maximum Gasteiger partial charge on any atom is 0.175 e. The fourth-order valence-electron chi connectivity index (χ4n) is 2.19. The van der Waals surface area contributed by atoms with Crippen LogP contribution in [0.3, 0.4) is 0 Å². The zero-order chi connectivity index (χ0) is 12.4. The van der Waals surface area contributed by atoms with Crippen LogP contribution in [0.4, 0.5) is 4.39 Å². The number of rotatable bonds is 3. The van der Waals surface area contributed by atoms with Gasteiger partial charge in [0.25, 0.3) is 0 Å². The summed E-state index contributed by atoms with van der Waals surface area (Å²) in [7, 11) is 3.05. The number of nitrogens with one attached hydrogen (secondary N) is 1. The Hall–Kier alpha value is -0.810. The van der Waals surface area contributed by atoms with Crippen molar-refractivity contribution in [3.8, 4) is 11.5 Å². The second kappa shape index (κ2) is 5.23. The van der Waals surface area contributed by atoms with E-state index in [0.717, 1.165) is 19.4 Å². The van der Waals surface area contributed by atoms with Crippen LogP contribution in [-0.2, 0) is 0 Å². The molecule has 1 aromatic carbocycles. The molecule has 5 heteroatoms. The van der Waals surface area contributed by atoms with E-state index in [-0.39, 0.29) is 11.9 Å². The van der Waals surface area contributed by atoms with Crippen LogP contribution in [-0.4, -0.2) is 20.8 Å². The van der Waals surface area contributed by atoms with Crippen molar-refractivity contribution in [2.75, 3.05) is 20.8 Å². The largest absolute Gasteiger partial charge is 0.493 e. The van der Waals surface area contributed by atoms with E-state index < -0.39 is 0 Å². The van der Waals surface area contributed by atoms with Gasteiger partial charge in [0.05, 0.1) is 18.7 Å². The molecule has 0 spiro atoms. The van der Waals surface area contributed by atoms with E-state index in [1.165, 1.54) is 13.2 Å². The molecule has 1 fully saturated rings. The summed E-state index contributed by atoms with van der Waals surface area (Å²) < 4.78 is 25.1. The lowest BCUT2D eigenvalue weighted by Gasteiger charge is -2.18. The minimum atomic E-state index is -0.270. The SMILES string of the molecule is COc1cc(F)c(C2CCCN2)c(Br)c1OC. The Kier molecular flexibility index (Phi) is 3.89. The molecule has 0 aliphatic carbocycles. The summed E-state index contributed by atoms with van der Waals surface area (Å²) in [6, 6.07) is 1.42. The first kappa shape index (κ1) is 12.6. The van der Waals surface area contributed by atoms with Gasteiger partial charge in [-0.1, -0.05) is 0 Å². The van der Waals surface area contributed by atoms with Crippen LogP contribution in [0.5, 0.6) is 11.5 Å². The summed E-state index contributed by atoms with van der Waals surface area (Å²) in [5.74, 6) is 0.671. The van der Waals surface area contributed by atoms with Crippen molar-refractivity contribution in [1.82, 2.24) is 5.32 Å². The Balaban J connectivity index is 2.51. The van der Waals surface area contributed by atoms with E-state index in [1.54, 1.807) is 7.11 Å². The van der Waals surface area contributed by atoms with Gasteiger partial charge in [-0.2, -0.15) is 0 Å². The monoisotopic (exact) mass is 303 g/mol. The van der Waals surface area contributed by atoms with Gasteiger partial charge in [-0.15, -0.1) is 0 Å². The van der Waals surface area contributed by atoms with Gasteiger partial charge in [0, 0.05) is 17.7 Å². The highest BCUT2D eigenvalue weighted by molar-refractivity contribution is 9.10. The van der Waals surface area contributed by atoms with Crippen LogP contribution >= 0.6 is 15.9 Å². The molecule has 0 saturated carbocycles. The molecule has 1 aliphatic heterocycles. The maximum absolute atomic E-state index is 14.1. The van der Waals surface area contributed by atoms with Crippen LogP contribution in [0.15, 0.2) is 10.5 Å². The molecular weight excluding hydrogens is 289 g/mol. The lowest BCUT2D eigenvalue weighted by atomic mass is 10.0. The van der Waals surface area contributed by atoms with Crippen LogP contribution in [0.2, 0.25) is 0 Å². The summed E-state index contributed by atoms with van der Waals surface area (Å²) in [4.78, 5) is 0. The zero-order valence-corrected chi connectivity index (χ0v) is 11.4. The Labute approximate surface area is 108 Å². The van der Waals surface area contributed by atoms with Gasteiger partial charge in [-0.05, 0) is 35.3 Å². The average molecular weight is 304 g/mol. The van der Waals surface area contributed by atoms with Gasteiger partial charge in [0.1, 0.15) is 5.82 Å². The van der Waals surface area contributed by atoms with Crippen LogP contribution in [0.25, 0.3) is 0 Å². The second-order valence-corrected chi connectivity index (χ2v) is 4.76. The second-order valence-electron chi connectivity index (χ2n) is 3.97. The van der Waals surface area contributed by atoms with E-state index in [2.05, 4.69) is 21.2 Å². The Morgan fingerprint density at radius 2 is 2.18 bits per heavy atom. The molecule has 0 radical (unpaired) electrons. The topological polar surface area (TPSA) is 30.5 Å². The smallest absolute Gasteiger partial charge is 0.175 e. The molecule has 17 heavy (non-hydrogen) atoms. The van der Waals surface area contributed by atoms with Crippen LogP contribution in [0.1, 0.15) is 24.4 Å². The third-order valence-corrected chi connectivity index (χ3v) is 3.79. The van der Waals surface area contributed by atoms with E-state index in [9.17, 15) is 4.39 Å². The van der Waals surface area contributed by atoms with Crippen molar-refractivity contribution in [2.45, 2.75) is 18.9 Å². The number of hydrogen-bond acceptors (Lipinski definition) is 3. The first-order chi connectivity index (χ1) is 8.19. The molecule has 1 aromatic rings. The fourth-order valence-corrected chi connectivity index (χ4v) is 3.01. The molecule has 1 N–H and O–H groups in total. The number of methoxy groups -OCH3 is 2. The van der Waals surface area contributed by atoms with Gasteiger partial charge >= 0.3 is 0 Å². The van der Waals surface area contributed by atoms with E-state index in [4.69, 9.17) is 9.47 Å². The normalized spacial score (nSPS) is 19.4. The third-order valence-electron chi connectivity index (χ3n) is 3.01. The number of halogens is 2.